The van der Waals surface area contributed by atoms with Crippen molar-refractivity contribution in [3.05, 3.63) is 53.7 Å². The average molecular weight is 358 g/mol. The zero-order valence-electron chi connectivity index (χ0n) is 16.5. The van der Waals surface area contributed by atoms with Crippen molar-refractivity contribution in [2.45, 2.75) is 39.3 Å². The number of aliphatic imine (C=N–C) groups is 1. The Morgan fingerprint density at radius 2 is 1.92 bits per heavy atom. The first-order chi connectivity index (χ1) is 12.4. The minimum absolute atomic E-state index is 0.0332. The molecule has 0 amide bonds. The molecule has 2 N–H and O–H groups in total. The number of guanidine groups is 1. The summed E-state index contributed by atoms with van der Waals surface area (Å²) < 4.78 is 5.79. The molecule has 0 fully saturated rings. The lowest BCUT2D eigenvalue weighted by Crippen LogP contribution is -2.40. The molecule has 0 aliphatic heterocycles. The largest absolute Gasteiger partial charge is 0.443 e. The van der Waals surface area contributed by atoms with Crippen molar-refractivity contribution in [1.82, 2.24) is 20.5 Å². The van der Waals surface area contributed by atoms with Crippen LogP contribution in [0.3, 0.4) is 0 Å². The third kappa shape index (κ3) is 6.52. The van der Waals surface area contributed by atoms with Crippen LogP contribution in [0, 0.1) is 0 Å². The van der Waals surface area contributed by atoms with Crippen molar-refractivity contribution >= 4 is 5.96 Å². The molecule has 1 aromatic carbocycles. The van der Waals surface area contributed by atoms with E-state index >= 15 is 0 Å². The first kappa shape index (κ1) is 20.0. The van der Waals surface area contributed by atoms with Gasteiger partial charge in [0.15, 0.2) is 5.96 Å². The second-order valence-corrected chi connectivity index (χ2v) is 7.44. The van der Waals surface area contributed by atoms with Crippen molar-refractivity contribution in [1.29, 1.82) is 0 Å². The van der Waals surface area contributed by atoms with Crippen molar-refractivity contribution < 1.29 is 4.42 Å². The van der Waals surface area contributed by atoms with E-state index in [2.05, 4.69) is 77.6 Å². The molecule has 0 radical (unpaired) electrons. The smallest absolute Gasteiger partial charge is 0.213 e. The van der Waals surface area contributed by atoms with Gasteiger partial charge in [0.25, 0.3) is 0 Å². The third-order valence-electron chi connectivity index (χ3n) is 4.00. The van der Waals surface area contributed by atoms with Crippen LogP contribution in [-0.4, -0.2) is 43.0 Å². The standard InChI is InChI=1S/C20H31N5O/c1-20(2,3)17-13-23-18(26-17)14-24-19(21-4)22-11-12-25(5)15-16-9-7-6-8-10-16/h6-10,13H,11-12,14-15H2,1-5H3,(H2,21,22,24). The summed E-state index contributed by atoms with van der Waals surface area (Å²) >= 11 is 0. The molecule has 0 aliphatic rings. The Bertz CT molecular complexity index is 688. The zero-order chi connectivity index (χ0) is 19.0. The van der Waals surface area contributed by atoms with Crippen LogP contribution < -0.4 is 10.6 Å². The second-order valence-electron chi connectivity index (χ2n) is 7.44. The number of likely N-dealkylation sites (N-methyl/N-ethyl adjacent to an activating group) is 1. The molecule has 0 saturated carbocycles. The molecule has 0 atom stereocenters. The van der Waals surface area contributed by atoms with Crippen LogP contribution in [0.4, 0.5) is 0 Å². The maximum atomic E-state index is 5.79. The molecule has 1 heterocycles. The Hall–Kier alpha value is -2.34. The van der Waals surface area contributed by atoms with E-state index in [1.807, 2.05) is 6.07 Å². The molecule has 6 heteroatoms. The van der Waals surface area contributed by atoms with Gasteiger partial charge in [-0.3, -0.25) is 4.99 Å². The van der Waals surface area contributed by atoms with Gasteiger partial charge in [-0.25, -0.2) is 4.98 Å². The molecule has 2 aromatic rings. The third-order valence-corrected chi connectivity index (χ3v) is 4.00. The lowest BCUT2D eigenvalue weighted by atomic mass is 9.94. The molecule has 142 valence electrons. The van der Waals surface area contributed by atoms with Crippen molar-refractivity contribution in [3.63, 3.8) is 0 Å². The summed E-state index contributed by atoms with van der Waals surface area (Å²) in [5.41, 5.74) is 1.28. The molecule has 0 saturated heterocycles. The van der Waals surface area contributed by atoms with E-state index in [-0.39, 0.29) is 5.41 Å². The lowest BCUT2D eigenvalue weighted by molar-refractivity contribution is 0.331. The number of rotatable bonds is 7. The van der Waals surface area contributed by atoms with Crippen LogP contribution >= 0.6 is 0 Å². The van der Waals surface area contributed by atoms with E-state index in [1.54, 1.807) is 13.2 Å². The molecule has 0 aliphatic carbocycles. The van der Waals surface area contributed by atoms with Crippen LogP contribution in [-0.2, 0) is 18.5 Å². The van der Waals surface area contributed by atoms with E-state index in [1.165, 1.54) is 5.56 Å². The van der Waals surface area contributed by atoms with Gasteiger partial charge in [-0.05, 0) is 12.6 Å². The predicted molar refractivity (Wildman–Crippen MR) is 106 cm³/mol. The van der Waals surface area contributed by atoms with Crippen molar-refractivity contribution in [2.24, 2.45) is 4.99 Å². The highest BCUT2D eigenvalue weighted by atomic mass is 16.4. The number of hydrogen-bond donors (Lipinski definition) is 2. The molecular formula is C20H31N5O. The monoisotopic (exact) mass is 357 g/mol. The molecule has 0 spiro atoms. The normalized spacial score (nSPS) is 12.5. The molecule has 2 rings (SSSR count). The van der Waals surface area contributed by atoms with Gasteiger partial charge in [-0.15, -0.1) is 0 Å². The summed E-state index contributed by atoms with van der Waals surface area (Å²) in [5, 5.41) is 6.56. The number of nitrogens with zero attached hydrogens (tertiary/aromatic N) is 3. The van der Waals surface area contributed by atoms with Gasteiger partial charge in [0.05, 0.1) is 12.7 Å². The van der Waals surface area contributed by atoms with Gasteiger partial charge in [0.1, 0.15) is 5.76 Å². The number of benzene rings is 1. The van der Waals surface area contributed by atoms with E-state index < -0.39 is 0 Å². The fraction of sp³-hybridized carbons (Fsp3) is 0.500. The van der Waals surface area contributed by atoms with Crippen LogP contribution in [0.1, 0.15) is 38.0 Å². The summed E-state index contributed by atoms with van der Waals surface area (Å²) in [4.78, 5) is 10.8. The number of nitrogens with one attached hydrogen (secondary N) is 2. The van der Waals surface area contributed by atoms with Crippen LogP contribution in [0.25, 0.3) is 0 Å². The van der Waals surface area contributed by atoms with Crippen molar-refractivity contribution in [2.75, 3.05) is 27.2 Å². The summed E-state index contributed by atoms with van der Waals surface area (Å²) in [6.07, 6.45) is 1.80. The Labute approximate surface area is 156 Å². The number of oxazole rings is 1. The number of hydrogen-bond acceptors (Lipinski definition) is 4. The van der Waals surface area contributed by atoms with Gasteiger partial charge in [0, 0.05) is 32.1 Å². The van der Waals surface area contributed by atoms with Crippen LogP contribution in [0.5, 0.6) is 0 Å². The van der Waals surface area contributed by atoms with Crippen LogP contribution in [0.2, 0.25) is 0 Å². The number of aromatic nitrogens is 1. The summed E-state index contributed by atoms with van der Waals surface area (Å²) in [6, 6.07) is 10.5. The minimum atomic E-state index is -0.0332. The quantitative estimate of drug-likeness (QED) is 0.589. The molecule has 0 bridgehead atoms. The maximum Gasteiger partial charge on any atom is 0.213 e. The van der Waals surface area contributed by atoms with E-state index in [0.29, 0.717) is 12.4 Å². The second kappa shape index (κ2) is 9.38. The van der Waals surface area contributed by atoms with Gasteiger partial charge in [-0.2, -0.15) is 0 Å². The Morgan fingerprint density at radius 3 is 2.54 bits per heavy atom. The van der Waals surface area contributed by atoms with Crippen LogP contribution in [0.15, 0.2) is 45.9 Å². The topological polar surface area (TPSA) is 65.7 Å². The van der Waals surface area contributed by atoms with E-state index in [0.717, 1.165) is 31.4 Å². The predicted octanol–water partition coefficient (Wildman–Crippen LogP) is 2.77. The maximum absolute atomic E-state index is 5.79. The molecule has 1 aromatic heterocycles. The Kier molecular flexibility index (Phi) is 7.21. The van der Waals surface area contributed by atoms with E-state index in [4.69, 9.17) is 4.42 Å². The SMILES string of the molecule is CN=C(NCCN(C)Cc1ccccc1)NCc1ncc(C(C)(C)C)o1. The molecule has 26 heavy (non-hydrogen) atoms. The highest BCUT2D eigenvalue weighted by molar-refractivity contribution is 5.79. The molecule has 6 nitrogen and oxygen atoms in total. The minimum Gasteiger partial charge on any atom is -0.443 e. The average Bonchev–Trinajstić information content (AvgIpc) is 3.08. The Balaban J connectivity index is 1.71. The van der Waals surface area contributed by atoms with Gasteiger partial charge in [-0.1, -0.05) is 51.1 Å². The summed E-state index contributed by atoms with van der Waals surface area (Å²) in [7, 11) is 3.88. The Morgan fingerprint density at radius 1 is 1.19 bits per heavy atom. The van der Waals surface area contributed by atoms with Gasteiger partial charge in [0.2, 0.25) is 5.89 Å². The van der Waals surface area contributed by atoms with E-state index in [9.17, 15) is 0 Å². The summed E-state index contributed by atoms with van der Waals surface area (Å²) in [5.74, 6) is 2.30. The van der Waals surface area contributed by atoms with Crippen molar-refractivity contribution in [3.8, 4) is 0 Å². The summed E-state index contributed by atoms with van der Waals surface area (Å²) in [6.45, 7) is 9.49. The first-order valence-electron chi connectivity index (χ1n) is 9.00. The lowest BCUT2D eigenvalue weighted by Gasteiger charge is -2.18. The zero-order valence-corrected chi connectivity index (χ0v) is 16.5. The van der Waals surface area contributed by atoms with Gasteiger partial charge >= 0.3 is 0 Å². The highest BCUT2D eigenvalue weighted by Gasteiger charge is 2.19. The van der Waals surface area contributed by atoms with Gasteiger partial charge < -0.3 is 20.0 Å². The molecule has 0 unspecified atom stereocenters. The fourth-order valence-electron chi connectivity index (χ4n) is 2.46. The molecular weight excluding hydrogens is 326 g/mol. The fourth-order valence-corrected chi connectivity index (χ4v) is 2.46. The highest BCUT2D eigenvalue weighted by Crippen LogP contribution is 2.22. The first-order valence-corrected chi connectivity index (χ1v) is 9.00.